The maximum atomic E-state index is 12.7. The Morgan fingerprint density at radius 1 is 1.12 bits per heavy atom. The average Bonchev–Trinajstić information content (AvgIpc) is 2.22. The second-order valence-corrected chi connectivity index (χ2v) is 5.74. The summed E-state index contributed by atoms with van der Waals surface area (Å²) in [6, 6.07) is 6.30. The molecular formula is C11H17FO3Si. The minimum Gasteiger partial charge on any atom is -0.389 e. The first kappa shape index (κ1) is 13.3. The molecule has 0 radical (unpaired) electrons. The Morgan fingerprint density at radius 3 is 2.06 bits per heavy atom. The van der Waals surface area contributed by atoms with Crippen LogP contribution in [0.15, 0.2) is 24.3 Å². The molecule has 0 unspecified atom stereocenters. The van der Waals surface area contributed by atoms with Crippen molar-refractivity contribution in [1.29, 1.82) is 0 Å². The van der Waals surface area contributed by atoms with Crippen LogP contribution in [0, 0.1) is 5.82 Å². The van der Waals surface area contributed by atoms with Gasteiger partial charge in [-0.25, -0.2) is 4.39 Å². The summed E-state index contributed by atoms with van der Waals surface area (Å²) < 4.78 is 23.3. The zero-order valence-corrected chi connectivity index (χ0v) is 10.6. The largest absolute Gasteiger partial charge is 0.502 e. The number of hydrogen-bond acceptors (Lipinski definition) is 3. The van der Waals surface area contributed by atoms with Crippen LogP contribution >= 0.6 is 0 Å². The fourth-order valence-corrected chi connectivity index (χ4v) is 3.40. The third-order valence-electron chi connectivity index (χ3n) is 2.08. The van der Waals surface area contributed by atoms with Crippen LogP contribution in [0.25, 0.3) is 0 Å². The molecule has 1 N–H and O–H groups in total. The first-order valence-electron chi connectivity index (χ1n) is 5.34. The summed E-state index contributed by atoms with van der Waals surface area (Å²) in [5.41, 5.74) is 0.817. The summed E-state index contributed by atoms with van der Waals surface area (Å²) >= 11 is 0. The van der Waals surface area contributed by atoms with Crippen LogP contribution in [0.2, 0.25) is 0 Å². The molecule has 0 fully saturated rings. The molecule has 1 aromatic rings. The third-order valence-corrected chi connectivity index (χ3v) is 4.42. The van der Waals surface area contributed by atoms with E-state index in [1.165, 1.54) is 12.1 Å². The predicted molar refractivity (Wildman–Crippen MR) is 61.3 cm³/mol. The van der Waals surface area contributed by atoms with Gasteiger partial charge in [0, 0.05) is 19.3 Å². The van der Waals surface area contributed by atoms with Gasteiger partial charge in [0.25, 0.3) is 0 Å². The number of rotatable bonds is 6. The fraction of sp³-hybridized carbons (Fsp3) is 0.455. The first-order chi connectivity index (χ1) is 7.59. The van der Waals surface area contributed by atoms with Crippen LogP contribution in [-0.4, -0.2) is 26.8 Å². The smallest absolute Gasteiger partial charge is 0.389 e. The molecule has 5 heteroatoms. The van der Waals surface area contributed by atoms with Crippen molar-refractivity contribution in [2.75, 3.05) is 13.2 Å². The monoisotopic (exact) mass is 244 g/mol. The number of benzene rings is 1. The highest BCUT2D eigenvalue weighted by Gasteiger charge is 2.36. The quantitative estimate of drug-likeness (QED) is 0.777. The maximum Gasteiger partial charge on any atom is 0.502 e. The van der Waals surface area contributed by atoms with Crippen molar-refractivity contribution in [1.82, 2.24) is 0 Å². The normalized spacial score (nSPS) is 11.8. The van der Waals surface area contributed by atoms with E-state index in [1.807, 2.05) is 13.8 Å². The van der Waals surface area contributed by atoms with Gasteiger partial charge in [-0.2, -0.15) is 0 Å². The SMILES string of the molecule is CCO[Si](O)(Cc1ccc(F)cc1)OCC. The van der Waals surface area contributed by atoms with Gasteiger partial charge >= 0.3 is 8.80 Å². The minimum atomic E-state index is -3.13. The summed E-state index contributed by atoms with van der Waals surface area (Å²) in [5.74, 6) is -0.290. The van der Waals surface area contributed by atoms with E-state index in [0.29, 0.717) is 19.3 Å². The van der Waals surface area contributed by atoms with Crippen molar-refractivity contribution >= 4 is 8.80 Å². The van der Waals surface area contributed by atoms with Gasteiger partial charge in [0.05, 0.1) is 0 Å². The molecule has 0 aliphatic rings. The Bertz CT molecular complexity index is 310. The van der Waals surface area contributed by atoms with Crippen LogP contribution in [0.4, 0.5) is 4.39 Å². The second kappa shape index (κ2) is 6.10. The van der Waals surface area contributed by atoms with Crippen molar-refractivity contribution in [3.05, 3.63) is 35.6 Å². The molecule has 0 heterocycles. The third kappa shape index (κ3) is 4.01. The molecule has 0 amide bonds. The Morgan fingerprint density at radius 2 is 1.62 bits per heavy atom. The summed E-state index contributed by atoms with van der Waals surface area (Å²) in [4.78, 5) is 10.1. The lowest BCUT2D eigenvalue weighted by Crippen LogP contribution is -2.45. The van der Waals surface area contributed by atoms with E-state index in [9.17, 15) is 9.19 Å². The molecule has 3 nitrogen and oxygen atoms in total. The molecule has 90 valence electrons. The minimum absolute atomic E-state index is 0.290. The molecule has 16 heavy (non-hydrogen) atoms. The van der Waals surface area contributed by atoms with Crippen molar-refractivity contribution in [2.45, 2.75) is 19.9 Å². The van der Waals surface area contributed by atoms with Crippen LogP contribution in [0.3, 0.4) is 0 Å². The van der Waals surface area contributed by atoms with E-state index in [1.54, 1.807) is 12.1 Å². The van der Waals surface area contributed by atoms with Gasteiger partial charge in [-0.3, -0.25) is 0 Å². The average molecular weight is 244 g/mol. The van der Waals surface area contributed by atoms with Gasteiger partial charge in [0.1, 0.15) is 5.82 Å². The molecule has 0 aromatic heterocycles. The van der Waals surface area contributed by atoms with E-state index in [4.69, 9.17) is 8.85 Å². The van der Waals surface area contributed by atoms with Crippen LogP contribution < -0.4 is 0 Å². The number of halogens is 1. The lowest BCUT2D eigenvalue weighted by atomic mass is 10.2. The predicted octanol–water partition coefficient (Wildman–Crippen LogP) is 1.91. The molecule has 0 atom stereocenters. The molecule has 1 rings (SSSR count). The van der Waals surface area contributed by atoms with Gasteiger partial charge in [-0.15, -0.1) is 0 Å². The van der Waals surface area contributed by atoms with Crippen LogP contribution in [-0.2, 0) is 14.9 Å². The van der Waals surface area contributed by atoms with Crippen molar-refractivity contribution in [2.24, 2.45) is 0 Å². The molecule has 0 aliphatic carbocycles. The molecule has 0 spiro atoms. The summed E-state index contributed by atoms with van der Waals surface area (Å²) in [5, 5.41) is 0. The van der Waals surface area contributed by atoms with E-state index in [0.717, 1.165) is 5.56 Å². The van der Waals surface area contributed by atoms with Crippen molar-refractivity contribution in [3.63, 3.8) is 0 Å². The molecule has 0 bridgehead atoms. The fourth-order valence-electron chi connectivity index (χ4n) is 1.46. The highest BCUT2D eigenvalue weighted by atomic mass is 28.4. The van der Waals surface area contributed by atoms with Crippen molar-refractivity contribution in [3.8, 4) is 0 Å². The number of hydrogen-bond donors (Lipinski definition) is 1. The van der Waals surface area contributed by atoms with Crippen LogP contribution in [0.1, 0.15) is 19.4 Å². The van der Waals surface area contributed by atoms with E-state index in [2.05, 4.69) is 0 Å². The van der Waals surface area contributed by atoms with E-state index >= 15 is 0 Å². The van der Waals surface area contributed by atoms with E-state index in [-0.39, 0.29) is 5.82 Å². The zero-order chi connectivity index (χ0) is 12.0. The van der Waals surface area contributed by atoms with Crippen LogP contribution in [0.5, 0.6) is 0 Å². The standard InChI is InChI=1S/C11H17FO3Si/c1-3-14-16(13,15-4-2)9-10-5-7-11(12)8-6-10/h5-8,13H,3-4,9H2,1-2H3. The van der Waals surface area contributed by atoms with Gasteiger partial charge in [-0.1, -0.05) is 12.1 Å². The van der Waals surface area contributed by atoms with Gasteiger partial charge in [0.15, 0.2) is 0 Å². The van der Waals surface area contributed by atoms with Gasteiger partial charge in [-0.05, 0) is 31.5 Å². The summed E-state index contributed by atoms with van der Waals surface area (Å²) in [7, 11) is -3.13. The Hall–Kier alpha value is -0.753. The second-order valence-electron chi connectivity index (χ2n) is 3.38. The maximum absolute atomic E-state index is 12.7. The highest BCUT2D eigenvalue weighted by Crippen LogP contribution is 2.13. The summed E-state index contributed by atoms with van der Waals surface area (Å²) in [6.45, 7) is 4.43. The molecular weight excluding hydrogens is 227 g/mol. The molecule has 0 saturated heterocycles. The lowest BCUT2D eigenvalue weighted by Gasteiger charge is -2.22. The van der Waals surface area contributed by atoms with Gasteiger partial charge in [0.2, 0.25) is 0 Å². The Balaban J connectivity index is 2.70. The molecule has 0 saturated carbocycles. The highest BCUT2D eigenvalue weighted by molar-refractivity contribution is 6.58. The van der Waals surface area contributed by atoms with Crippen molar-refractivity contribution < 1.29 is 18.0 Å². The van der Waals surface area contributed by atoms with Gasteiger partial charge < -0.3 is 13.6 Å². The zero-order valence-electron chi connectivity index (χ0n) is 9.57. The topological polar surface area (TPSA) is 38.7 Å². The van der Waals surface area contributed by atoms with E-state index < -0.39 is 8.80 Å². The summed E-state index contributed by atoms with van der Waals surface area (Å²) in [6.07, 6.45) is 0. The first-order valence-corrected chi connectivity index (χ1v) is 7.31. The molecule has 0 aliphatic heterocycles. The Labute approximate surface area is 96.2 Å². The Kier molecular flexibility index (Phi) is 5.07. The lowest BCUT2D eigenvalue weighted by molar-refractivity contribution is 0.107. The molecule has 1 aromatic carbocycles.